The number of carbonyl (C=O) groups is 1. The molecule has 2 aromatic rings. The topological polar surface area (TPSA) is 40.5 Å². The normalized spacial score (nSPS) is 20.6. The fraction of sp³-hybridized carbons (Fsp3) is 0.522. The van der Waals surface area contributed by atoms with Gasteiger partial charge in [0.15, 0.2) is 0 Å². The number of nitrogens with zero attached hydrogens (tertiary/aromatic N) is 1. The van der Waals surface area contributed by atoms with Crippen molar-refractivity contribution in [1.29, 1.82) is 0 Å². The Morgan fingerprint density at radius 3 is 2.56 bits per heavy atom. The average molecular weight is 432 g/mol. The van der Waals surface area contributed by atoms with Crippen LogP contribution in [0.25, 0.3) is 10.8 Å². The molecule has 1 atom stereocenters. The first-order valence-electron chi connectivity index (χ1n) is 10.3. The summed E-state index contributed by atoms with van der Waals surface area (Å²) in [6.07, 6.45) is 8.03. The van der Waals surface area contributed by atoms with Crippen LogP contribution in [0.4, 0.5) is 0 Å². The van der Waals surface area contributed by atoms with Gasteiger partial charge in [0, 0.05) is 18.5 Å². The van der Waals surface area contributed by atoms with Gasteiger partial charge in [-0.2, -0.15) is 0 Å². The highest BCUT2D eigenvalue weighted by Crippen LogP contribution is 2.34. The number of carbonyl (C=O) groups excluding carboxylic acids is 1. The van der Waals surface area contributed by atoms with E-state index in [0.29, 0.717) is 11.9 Å². The summed E-state index contributed by atoms with van der Waals surface area (Å²) < 4.78 is 0.733. The maximum Gasteiger partial charge on any atom is 0.226 e. The predicted octanol–water partition coefficient (Wildman–Crippen LogP) is 6.06. The summed E-state index contributed by atoms with van der Waals surface area (Å²) >= 11 is 3.44. The zero-order chi connectivity index (χ0) is 19.4. The summed E-state index contributed by atoms with van der Waals surface area (Å²) in [6.45, 7) is 4.93. The molecule has 0 aromatic heterocycles. The summed E-state index contributed by atoms with van der Waals surface area (Å²) in [5.74, 6) is 0.744. The molecular formula is C23H30BrNO2. The number of likely N-dealkylation sites (tertiary alicyclic amines) is 1. The van der Waals surface area contributed by atoms with Crippen molar-refractivity contribution in [1.82, 2.24) is 4.90 Å². The Balaban J connectivity index is 0.00000102. The van der Waals surface area contributed by atoms with Crippen molar-refractivity contribution in [3.8, 4) is 5.75 Å². The Kier molecular flexibility index (Phi) is 6.80. The van der Waals surface area contributed by atoms with E-state index in [2.05, 4.69) is 33.0 Å². The number of fused-ring (bicyclic) bond motifs is 1. The van der Waals surface area contributed by atoms with Gasteiger partial charge in [-0.1, -0.05) is 57.4 Å². The monoisotopic (exact) mass is 431 g/mol. The third kappa shape index (κ3) is 4.31. The van der Waals surface area contributed by atoms with Gasteiger partial charge in [-0.25, -0.2) is 0 Å². The Morgan fingerprint density at radius 2 is 1.81 bits per heavy atom. The molecule has 1 aliphatic carbocycles. The van der Waals surface area contributed by atoms with Gasteiger partial charge in [0.1, 0.15) is 5.75 Å². The lowest BCUT2D eigenvalue weighted by atomic mass is 9.93. The number of hydrogen-bond acceptors (Lipinski definition) is 2. The number of hydrogen-bond donors (Lipinski definition) is 1. The SMILES string of the molecule is CC.O=C1C(Cc2ccc3c(Br)c(O)ccc3c2)CCN1C1CCCCC1. The van der Waals surface area contributed by atoms with Gasteiger partial charge in [-0.05, 0) is 64.0 Å². The zero-order valence-electron chi connectivity index (χ0n) is 16.4. The van der Waals surface area contributed by atoms with Crippen LogP contribution in [0.3, 0.4) is 0 Å². The van der Waals surface area contributed by atoms with E-state index in [1.165, 1.54) is 37.7 Å². The highest BCUT2D eigenvalue weighted by atomic mass is 79.9. The highest BCUT2D eigenvalue weighted by Gasteiger charge is 2.36. The smallest absolute Gasteiger partial charge is 0.226 e. The Morgan fingerprint density at radius 1 is 1.07 bits per heavy atom. The lowest BCUT2D eigenvalue weighted by molar-refractivity contribution is -0.133. The third-order valence-corrected chi connectivity index (χ3v) is 6.68. The minimum absolute atomic E-state index is 0.125. The highest BCUT2D eigenvalue weighted by molar-refractivity contribution is 9.10. The second kappa shape index (κ2) is 9.09. The maximum absolute atomic E-state index is 12.9. The molecule has 4 rings (SSSR count). The van der Waals surface area contributed by atoms with Gasteiger partial charge in [-0.15, -0.1) is 0 Å². The third-order valence-electron chi connectivity index (χ3n) is 5.85. The lowest BCUT2D eigenvalue weighted by Gasteiger charge is -2.31. The van der Waals surface area contributed by atoms with Crippen LogP contribution in [0.15, 0.2) is 34.8 Å². The largest absolute Gasteiger partial charge is 0.507 e. The quantitative estimate of drug-likeness (QED) is 0.641. The molecule has 4 heteroatoms. The van der Waals surface area contributed by atoms with Crippen LogP contribution >= 0.6 is 15.9 Å². The first-order valence-corrected chi connectivity index (χ1v) is 11.1. The van der Waals surface area contributed by atoms with Gasteiger partial charge >= 0.3 is 0 Å². The van der Waals surface area contributed by atoms with E-state index in [-0.39, 0.29) is 11.7 Å². The molecule has 1 N–H and O–H groups in total. The number of phenols is 1. The number of amides is 1. The van der Waals surface area contributed by atoms with Gasteiger partial charge < -0.3 is 10.0 Å². The molecule has 0 bridgehead atoms. The second-order valence-electron chi connectivity index (χ2n) is 7.47. The van der Waals surface area contributed by atoms with E-state index in [1.807, 2.05) is 26.0 Å². The van der Waals surface area contributed by atoms with Crippen LogP contribution in [0.1, 0.15) is 57.9 Å². The number of aromatic hydroxyl groups is 1. The molecular weight excluding hydrogens is 402 g/mol. The molecule has 1 saturated carbocycles. The number of phenolic OH excluding ortho intramolecular Hbond substituents is 1. The Bertz CT molecular complexity index is 798. The first kappa shape index (κ1) is 20.2. The Hall–Kier alpha value is -1.55. The van der Waals surface area contributed by atoms with Crippen LogP contribution in [0.2, 0.25) is 0 Å². The summed E-state index contributed by atoms with van der Waals surface area (Å²) in [4.78, 5) is 15.0. The minimum atomic E-state index is 0.125. The van der Waals surface area contributed by atoms with Crippen molar-refractivity contribution in [2.45, 2.75) is 64.8 Å². The van der Waals surface area contributed by atoms with E-state index in [1.54, 1.807) is 6.07 Å². The summed E-state index contributed by atoms with van der Waals surface area (Å²) in [5.41, 5.74) is 1.20. The van der Waals surface area contributed by atoms with Crippen molar-refractivity contribution >= 4 is 32.6 Å². The fourth-order valence-electron chi connectivity index (χ4n) is 4.45. The molecule has 3 nitrogen and oxygen atoms in total. The molecule has 1 heterocycles. The first-order chi connectivity index (χ1) is 13.1. The van der Waals surface area contributed by atoms with Crippen LogP contribution in [-0.4, -0.2) is 28.5 Å². The summed E-state index contributed by atoms with van der Waals surface area (Å²) in [7, 11) is 0. The summed E-state index contributed by atoms with van der Waals surface area (Å²) in [5, 5.41) is 11.9. The zero-order valence-corrected chi connectivity index (χ0v) is 18.0. The molecule has 2 aromatic carbocycles. The molecule has 2 aliphatic rings. The fourth-order valence-corrected chi connectivity index (χ4v) is 4.94. The molecule has 1 unspecified atom stereocenters. The Labute approximate surface area is 170 Å². The molecule has 0 spiro atoms. The molecule has 1 saturated heterocycles. The summed E-state index contributed by atoms with van der Waals surface area (Å²) in [6, 6.07) is 10.4. The number of rotatable bonds is 3. The van der Waals surface area contributed by atoms with E-state index >= 15 is 0 Å². The van der Waals surface area contributed by atoms with Gasteiger partial charge in [0.25, 0.3) is 0 Å². The molecule has 0 radical (unpaired) electrons. The van der Waals surface area contributed by atoms with E-state index in [9.17, 15) is 9.90 Å². The predicted molar refractivity (Wildman–Crippen MR) is 115 cm³/mol. The van der Waals surface area contributed by atoms with Crippen LogP contribution in [-0.2, 0) is 11.2 Å². The lowest BCUT2D eigenvalue weighted by Crippen LogP contribution is -2.39. The van der Waals surface area contributed by atoms with Crippen molar-refractivity contribution < 1.29 is 9.90 Å². The van der Waals surface area contributed by atoms with E-state index in [4.69, 9.17) is 0 Å². The van der Waals surface area contributed by atoms with E-state index < -0.39 is 0 Å². The standard InChI is InChI=1S/C21H24BrNO2.C2H6/c22-20-18-8-6-14(12-15(18)7-9-19(20)24)13-16-10-11-23(21(16)25)17-4-2-1-3-5-17;1-2/h6-9,12,16-17,24H,1-5,10-11,13H2;1-2H3. The maximum atomic E-state index is 12.9. The van der Waals surface area contributed by atoms with Crippen LogP contribution in [0.5, 0.6) is 5.75 Å². The molecule has 1 amide bonds. The molecule has 1 aliphatic heterocycles. The second-order valence-corrected chi connectivity index (χ2v) is 8.26. The molecule has 27 heavy (non-hydrogen) atoms. The average Bonchev–Trinajstić information content (AvgIpc) is 3.07. The van der Waals surface area contributed by atoms with Crippen molar-refractivity contribution in [2.24, 2.45) is 5.92 Å². The van der Waals surface area contributed by atoms with Gasteiger partial charge in [0.05, 0.1) is 4.47 Å². The number of halogens is 1. The van der Waals surface area contributed by atoms with Crippen molar-refractivity contribution in [2.75, 3.05) is 6.54 Å². The van der Waals surface area contributed by atoms with E-state index in [0.717, 1.165) is 34.6 Å². The minimum Gasteiger partial charge on any atom is -0.507 e. The molecule has 146 valence electrons. The van der Waals surface area contributed by atoms with Gasteiger partial charge in [-0.3, -0.25) is 4.79 Å². The van der Waals surface area contributed by atoms with Gasteiger partial charge in [0.2, 0.25) is 5.91 Å². The van der Waals surface area contributed by atoms with Crippen molar-refractivity contribution in [3.05, 3.63) is 40.4 Å². The molecule has 2 fully saturated rings. The van der Waals surface area contributed by atoms with Crippen LogP contribution in [0, 0.1) is 5.92 Å². The van der Waals surface area contributed by atoms with Crippen LogP contribution < -0.4 is 0 Å². The number of benzene rings is 2. The van der Waals surface area contributed by atoms with Crippen molar-refractivity contribution in [3.63, 3.8) is 0 Å².